The van der Waals surface area contributed by atoms with Crippen molar-refractivity contribution in [3.63, 3.8) is 0 Å². The Morgan fingerprint density at radius 2 is 2.10 bits per heavy atom. The molecule has 106 valence electrons. The molecule has 1 N–H and O–H groups in total. The number of aromatic nitrogens is 1. The average Bonchev–Trinajstić information content (AvgIpc) is 2.48. The van der Waals surface area contributed by atoms with Crippen molar-refractivity contribution in [2.75, 3.05) is 6.54 Å². The fraction of sp³-hybridized carbons (Fsp3) is 0.500. The Labute approximate surface area is 121 Å². The average molecular weight is 268 g/mol. The molecule has 0 bridgehead atoms. The molecular formula is C18H24N2. The van der Waals surface area contributed by atoms with Crippen molar-refractivity contribution in [1.29, 1.82) is 0 Å². The lowest BCUT2D eigenvalue weighted by Gasteiger charge is -2.26. The zero-order valence-corrected chi connectivity index (χ0v) is 12.3. The molecule has 1 fully saturated rings. The topological polar surface area (TPSA) is 24.9 Å². The molecule has 0 aliphatic heterocycles. The Bertz CT molecular complexity index is 559. The number of benzene rings is 1. The number of pyridine rings is 1. The third-order valence-electron chi connectivity index (χ3n) is 4.51. The van der Waals surface area contributed by atoms with E-state index in [0.29, 0.717) is 0 Å². The highest BCUT2D eigenvalue weighted by molar-refractivity contribution is 5.81. The number of fused-ring (bicyclic) bond motifs is 1. The summed E-state index contributed by atoms with van der Waals surface area (Å²) < 4.78 is 0. The molecule has 20 heavy (non-hydrogen) atoms. The monoisotopic (exact) mass is 268 g/mol. The van der Waals surface area contributed by atoms with Crippen molar-refractivity contribution in [1.82, 2.24) is 10.3 Å². The van der Waals surface area contributed by atoms with E-state index in [1.54, 1.807) is 0 Å². The number of hydrogen-bond donors (Lipinski definition) is 1. The highest BCUT2D eigenvalue weighted by Gasteiger charge is 2.18. The molecule has 0 amide bonds. The molecule has 2 aromatic rings. The Morgan fingerprint density at radius 3 is 3.00 bits per heavy atom. The van der Waals surface area contributed by atoms with Gasteiger partial charge in [0.05, 0.1) is 5.52 Å². The van der Waals surface area contributed by atoms with Crippen LogP contribution in [0.25, 0.3) is 10.9 Å². The fourth-order valence-electron chi connectivity index (χ4n) is 3.47. The van der Waals surface area contributed by atoms with Crippen molar-refractivity contribution in [2.45, 2.75) is 39.2 Å². The van der Waals surface area contributed by atoms with E-state index in [4.69, 9.17) is 0 Å². The van der Waals surface area contributed by atoms with Crippen LogP contribution in [0.4, 0.5) is 0 Å². The zero-order valence-electron chi connectivity index (χ0n) is 12.3. The Balaban J connectivity index is 1.60. The first kappa shape index (κ1) is 13.6. The summed E-state index contributed by atoms with van der Waals surface area (Å²) in [6.45, 7) is 4.47. The first-order valence-electron chi connectivity index (χ1n) is 7.86. The molecule has 1 aliphatic carbocycles. The third kappa shape index (κ3) is 3.18. The summed E-state index contributed by atoms with van der Waals surface area (Å²) in [5.74, 6) is 1.77. The smallest absolute Gasteiger partial charge is 0.0746 e. The van der Waals surface area contributed by atoms with Gasteiger partial charge >= 0.3 is 0 Å². The molecule has 1 aliphatic rings. The highest BCUT2D eigenvalue weighted by atomic mass is 14.9. The van der Waals surface area contributed by atoms with Crippen LogP contribution >= 0.6 is 0 Å². The van der Waals surface area contributed by atoms with Gasteiger partial charge in [0.25, 0.3) is 0 Å². The van der Waals surface area contributed by atoms with Gasteiger partial charge in [-0.05, 0) is 42.9 Å². The van der Waals surface area contributed by atoms with Gasteiger partial charge in [-0.15, -0.1) is 0 Å². The Hall–Kier alpha value is -1.41. The minimum Gasteiger partial charge on any atom is -0.312 e. The summed E-state index contributed by atoms with van der Waals surface area (Å²) in [4.78, 5) is 4.52. The van der Waals surface area contributed by atoms with E-state index in [1.165, 1.54) is 36.6 Å². The van der Waals surface area contributed by atoms with E-state index in [2.05, 4.69) is 41.5 Å². The Morgan fingerprint density at radius 1 is 1.20 bits per heavy atom. The second kappa shape index (κ2) is 6.36. The summed E-state index contributed by atoms with van der Waals surface area (Å²) in [5, 5.41) is 4.88. The van der Waals surface area contributed by atoms with Crippen molar-refractivity contribution >= 4 is 10.9 Å². The Kier molecular flexibility index (Phi) is 4.31. The number of rotatable bonds is 4. The lowest BCUT2D eigenvalue weighted by Crippen LogP contribution is -2.26. The first-order chi connectivity index (χ1) is 9.83. The van der Waals surface area contributed by atoms with Crippen LogP contribution in [0.15, 0.2) is 36.5 Å². The molecule has 2 heteroatoms. The van der Waals surface area contributed by atoms with Gasteiger partial charge in [0.15, 0.2) is 0 Å². The molecule has 3 rings (SSSR count). The van der Waals surface area contributed by atoms with E-state index in [1.807, 2.05) is 12.3 Å². The quantitative estimate of drug-likeness (QED) is 0.901. The largest absolute Gasteiger partial charge is 0.312 e. The van der Waals surface area contributed by atoms with Crippen LogP contribution in [0.2, 0.25) is 0 Å². The van der Waals surface area contributed by atoms with Gasteiger partial charge < -0.3 is 5.32 Å². The van der Waals surface area contributed by atoms with Crippen molar-refractivity contribution < 1.29 is 0 Å². The van der Waals surface area contributed by atoms with Gasteiger partial charge in [0, 0.05) is 18.1 Å². The number of hydrogen-bond acceptors (Lipinski definition) is 2. The van der Waals surface area contributed by atoms with Crippen molar-refractivity contribution in [2.24, 2.45) is 11.8 Å². The molecule has 0 saturated heterocycles. The molecule has 2 atom stereocenters. The van der Waals surface area contributed by atoms with Crippen LogP contribution in [0.5, 0.6) is 0 Å². The van der Waals surface area contributed by atoms with E-state index in [9.17, 15) is 0 Å². The second-order valence-electron chi connectivity index (χ2n) is 6.26. The van der Waals surface area contributed by atoms with Crippen molar-refractivity contribution in [3.05, 3.63) is 42.1 Å². The molecule has 2 unspecified atom stereocenters. The summed E-state index contributed by atoms with van der Waals surface area (Å²) >= 11 is 0. The van der Waals surface area contributed by atoms with E-state index in [0.717, 1.165) is 30.4 Å². The first-order valence-corrected chi connectivity index (χ1v) is 7.86. The zero-order chi connectivity index (χ0) is 13.8. The predicted molar refractivity (Wildman–Crippen MR) is 84.6 cm³/mol. The van der Waals surface area contributed by atoms with Gasteiger partial charge in [-0.3, -0.25) is 4.98 Å². The maximum Gasteiger partial charge on any atom is 0.0746 e. The normalized spacial score (nSPS) is 23.1. The van der Waals surface area contributed by atoms with Crippen LogP contribution in [-0.2, 0) is 6.54 Å². The van der Waals surface area contributed by atoms with Crippen LogP contribution in [-0.4, -0.2) is 11.5 Å². The number of nitrogens with one attached hydrogen (secondary N) is 1. The molecule has 0 radical (unpaired) electrons. The van der Waals surface area contributed by atoms with Crippen molar-refractivity contribution in [3.8, 4) is 0 Å². The van der Waals surface area contributed by atoms with Gasteiger partial charge in [-0.1, -0.05) is 44.0 Å². The number of para-hydroxylation sites is 1. The summed E-state index contributed by atoms with van der Waals surface area (Å²) in [7, 11) is 0. The predicted octanol–water partition coefficient (Wildman–Crippen LogP) is 4.15. The number of nitrogens with zero attached hydrogens (tertiary/aromatic N) is 1. The molecule has 1 heterocycles. The van der Waals surface area contributed by atoms with Gasteiger partial charge in [-0.25, -0.2) is 0 Å². The van der Waals surface area contributed by atoms with Crippen LogP contribution < -0.4 is 5.32 Å². The maximum absolute atomic E-state index is 4.52. The van der Waals surface area contributed by atoms with Crippen LogP contribution in [0.1, 0.15) is 38.2 Å². The summed E-state index contributed by atoms with van der Waals surface area (Å²) in [6.07, 6.45) is 7.49. The molecular weight excluding hydrogens is 244 g/mol. The van der Waals surface area contributed by atoms with Crippen LogP contribution in [0.3, 0.4) is 0 Å². The lowest BCUT2D eigenvalue weighted by atomic mass is 9.82. The standard InChI is InChI=1S/C18H24N2/c1-14-5-2-6-15(11-14)12-19-13-17-8-3-7-16-9-4-10-20-18(16)17/h3-4,7-10,14-15,19H,2,5-6,11-13H2,1H3. The van der Waals surface area contributed by atoms with E-state index < -0.39 is 0 Å². The minimum atomic E-state index is 0.863. The third-order valence-corrected chi connectivity index (χ3v) is 4.51. The summed E-state index contributed by atoms with van der Waals surface area (Å²) in [6, 6.07) is 10.6. The molecule has 1 aromatic heterocycles. The summed E-state index contributed by atoms with van der Waals surface area (Å²) in [5.41, 5.74) is 2.45. The molecule has 0 spiro atoms. The SMILES string of the molecule is CC1CCCC(CNCc2cccc3cccnc23)C1. The van der Waals surface area contributed by atoms with Gasteiger partial charge in [-0.2, -0.15) is 0 Å². The van der Waals surface area contributed by atoms with Crippen LogP contribution in [0, 0.1) is 11.8 Å². The molecule has 1 saturated carbocycles. The van der Waals surface area contributed by atoms with E-state index >= 15 is 0 Å². The maximum atomic E-state index is 4.52. The molecule has 1 aromatic carbocycles. The highest BCUT2D eigenvalue weighted by Crippen LogP contribution is 2.28. The molecule has 2 nitrogen and oxygen atoms in total. The fourth-order valence-corrected chi connectivity index (χ4v) is 3.47. The second-order valence-corrected chi connectivity index (χ2v) is 6.26. The van der Waals surface area contributed by atoms with Gasteiger partial charge in [0.1, 0.15) is 0 Å². The minimum absolute atomic E-state index is 0.863. The van der Waals surface area contributed by atoms with E-state index in [-0.39, 0.29) is 0 Å². The lowest BCUT2D eigenvalue weighted by molar-refractivity contribution is 0.274. The van der Waals surface area contributed by atoms with Gasteiger partial charge in [0.2, 0.25) is 0 Å².